The summed E-state index contributed by atoms with van der Waals surface area (Å²) in [5.41, 5.74) is 4.29. The largest absolute Gasteiger partial charge is 0.271 e. The average molecular weight is 390 g/mol. The van der Waals surface area contributed by atoms with Crippen molar-refractivity contribution in [3.63, 3.8) is 0 Å². The lowest BCUT2D eigenvalue weighted by molar-refractivity contribution is 0.171. The minimum Gasteiger partial charge on any atom is -0.271 e. The van der Waals surface area contributed by atoms with Gasteiger partial charge in [-0.1, -0.05) is 52.1 Å². The van der Waals surface area contributed by atoms with E-state index in [0.717, 1.165) is 20.8 Å². The first-order valence-corrected chi connectivity index (χ1v) is 8.52. The van der Waals surface area contributed by atoms with Crippen LogP contribution in [-0.4, -0.2) is 0 Å². The molecule has 3 N–H and O–H groups in total. The molecule has 1 saturated carbocycles. The van der Waals surface area contributed by atoms with E-state index >= 15 is 0 Å². The van der Waals surface area contributed by atoms with Gasteiger partial charge < -0.3 is 0 Å². The molecule has 0 aromatic heterocycles. The van der Waals surface area contributed by atoms with E-state index in [-0.39, 0.29) is 6.04 Å². The number of nitrogens with one attached hydrogen (secondary N) is 1. The quantitative estimate of drug-likeness (QED) is 0.576. The Morgan fingerprint density at radius 1 is 1.21 bits per heavy atom. The minimum absolute atomic E-state index is 0.224. The minimum atomic E-state index is 0.224. The average Bonchev–Trinajstić information content (AvgIpc) is 2.38. The number of benzene rings is 1. The van der Waals surface area contributed by atoms with E-state index in [9.17, 15) is 0 Å². The summed E-state index contributed by atoms with van der Waals surface area (Å²) in [5.74, 6) is 8.07. The Bertz CT molecular complexity index is 436. The third kappa shape index (κ3) is 3.60. The number of hydrogen-bond donors (Lipinski definition) is 2. The molecule has 4 unspecified atom stereocenters. The van der Waals surface area contributed by atoms with E-state index in [4.69, 9.17) is 5.84 Å². The number of hydrogen-bond acceptors (Lipinski definition) is 2. The van der Waals surface area contributed by atoms with Crippen molar-refractivity contribution in [2.45, 2.75) is 39.2 Å². The lowest BCUT2D eigenvalue weighted by Gasteiger charge is -2.37. The maximum atomic E-state index is 5.85. The van der Waals surface area contributed by atoms with Crippen LogP contribution in [0.2, 0.25) is 0 Å². The molecule has 19 heavy (non-hydrogen) atoms. The fourth-order valence-corrected chi connectivity index (χ4v) is 4.00. The van der Waals surface area contributed by atoms with Gasteiger partial charge in [-0.25, -0.2) is 0 Å². The summed E-state index contributed by atoms with van der Waals surface area (Å²) >= 11 is 7.20. The number of hydrazine groups is 1. The fraction of sp³-hybridized carbons (Fsp3) is 0.600. The molecule has 0 aliphatic heterocycles. The highest BCUT2D eigenvalue weighted by Crippen LogP contribution is 2.41. The Hall–Kier alpha value is 0.1000. The van der Waals surface area contributed by atoms with Gasteiger partial charge in [-0.05, 0) is 54.4 Å². The third-order valence-corrected chi connectivity index (χ3v) is 5.80. The predicted octanol–water partition coefficient (Wildman–Crippen LogP) is 4.79. The first-order chi connectivity index (χ1) is 9.02. The number of nitrogens with two attached hydrogens (primary N) is 1. The second kappa shape index (κ2) is 6.70. The van der Waals surface area contributed by atoms with Crippen molar-refractivity contribution in [3.8, 4) is 0 Å². The van der Waals surface area contributed by atoms with Gasteiger partial charge in [0.05, 0.1) is 0 Å². The molecule has 106 valence electrons. The highest BCUT2D eigenvalue weighted by Gasteiger charge is 2.31. The fourth-order valence-electron chi connectivity index (χ4n) is 3.12. The first-order valence-electron chi connectivity index (χ1n) is 6.94. The monoisotopic (exact) mass is 388 g/mol. The van der Waals surface area contributed by atoms with E-state index in [1.54, 1.807) is 0 Å². The number of rotatable bonds is 3. The normalized spacial score (nSPS) is 29.2. The molecule has 1 aliphatic carbocycles. The van der Waals surface area contributed by atoms with E-state index in [1.807, 2.05) is 6.07 Å². The Morgan fingerprint density at radius 2 is 1.95 bits per heavy atom. The molecule has 1 aromatic carbocycles. The van der Waals surface area contributed by atoms with Crippen LogP contribution in [-0.2, 0) is 0 Å². The first kappa shape index (κ1) is 15.5. The van der Waals surface area contributed by atoms with Gasteiger partial charge in [0.25, 0.3) is 0 Å². The summed E-state index contributed by atoms with van der Waals surface area (Å²) in [7, 11) is 0. The molecule has 0 heterocycles. The Balaban J connectivity index is 2.22. The summed E-state index contributed by atoms with van der Waals surface area (Å²) in [5, 5.41) is 0. The van der Waals surface area contributed by atoms with Gasteiger partial charge in [0.15, 0.2) is 0 Å². The van der Waals surface area contributed by atoms with Crippen LogP contribution in [0.4, 0.5) is 0 Å². The Labute approximate surface area is 132 Å². The summed E-state index contributed by atoms with van der Waals surface area (Å²) in [6.07, 6.45) is 3.80. The van der Waals surface area contributed by atoms with Crippen molar-refractivity contribution in [2.24, 2.45) is 23.6 Å². The zero-order valence-corrected chi connectivity index (χ0v) is 14.7. The SMILES string of the molecule is CC1CCC(C(NN)c2cc(Br)ccc2Br)CC1C. The van der Waals surface area contributed by atoms with E-state index in [1.165, 1.54) is 24.8 Å². The summed E-state index contributed by atoms with van der Waals surface area (Å²) in [6.45, 7) is 4.72. The van der Waals surface area contributed by atoms with Crippen LogP contribution in [0.1, 0.15) is 44.7 Å². The molecule has 0 spiro atoms. The van der Waals surface area contributed by atoms with Gasteiger partial charge >= 0.3 is 0 Å². The molecule has 1 aromatic rings. The summed E-state index contributed by atoms with van der Waals surface area (Å²) < 4.78 is 2.23. The van der Waals surface area contributed by atoms with Gasteiger partial charge in [-0.2, -0.15) is 0 Å². The molecule has 1 aliphatic rings. The molecule has 1 fully saturated rings. The van der Waals surface area contributed by atoms with E-state index < -0.39 is 0 Å². The molecule has 4 heteroatoms. The van der Waals surface area contributed by atoms with Gasteiger partial charge in [0, 0.05) is 15.0 Å². The molecule has 4 atom stereocenters. The lowest BCUT2D eigenvalue weighted by Crippen LogP contribution is -2.37. The van der Waals surface area contributed by atoms with Crippen molar-refractivity contribution in [1.82, 2.24) is 5.43 Å². The Morgan fingerprint density at radius 3 is 2.58 bits per heavy atom. The van der Waals surface area contributed by atoms with Crippen LogP contribution >= 0.6 is 31.9 Å². The molecule has 2 rings (SSSR count). The maximum Gasteiger partial charge on any atom is 0.0499 e. The Kier molecular flexibility index (Phi) is 5.46. The van der Waals surface area contributed by atoms with Crippen molar-refractivity contribution < 1.29 is 0 Å². The lowest BCUT2D eigenvalue weighted by atomic mass is 9.72. The molecule has 0 radical (unpaired) electrons. The third-order valence-electron chi connectivity index (χ3n) is 4.58. The molecule has 0 saturated heterocycles. The van der Waals surface area contributed by atoms with Crippen LogP contribution in [0, 0.1) is 17.8 Å². The van der Waals surface area contributed by atoms with Crippen LogP contribution < -0.4 is 11.3 Å². The zero-order valence-electron chi connectivity index (χ0n) is 11.5. The standard InChI is InChI=1S/C15H22Br2N2/c1-9-3-4-11(7-10(9)2)15(19-18)13-8-12(16)5-6-14(13)17/h5-6,8-11,15,19H,3-4,7,18H2,1-2H3. The molecular formula is C15H22Br2N2. The smallest absolute Gasteiger partial charge is 0.0499 e. The number of halogens is 2. The van der Waals surface area contributed by atoms with E-state index in [2.05, 4.69) is 63.3 Å². The molecule has 2 nitrogen and oxygen atoms in total. The summed E-state index contributed by atoms with van der Waals surface area (Å²) in [6, 6.07) is 6.52. The predicted molar refractivity (Wildman–Crippen MR) is 87.6 cm³/mol. The van der Waals surface area contributed by atoms with Gasteiger partial charge in [0.2, 0.25) is 0 Å². The maximum absolute atomic E-state index is 5.85. The van der Waals surface area contributed by atoms with E-state index in [0.29, 0.717) is 5.92 Å². The second-order valence-electron chi connectivity index (χ2n) is 5.84. The second-order valence-corrected chi connectivity index (χ2v) is 7.61. The van der Waals surface area contributed by atoms with Gasteiger partial charge in [-0.3, -0.25) is 11.3 Å². The topological polar surface area (TPSA) is 38.0 Å². The van der Waals surface area contributed by atoms with Crippen LogP contribution in [0.15, 0.2) is 27.1 Å². The highest BCUT2D eigenvalue weighted by molar-refractivity contribution is 9.11. The summed E-state index contributed by atoms with van der Waals surface area (Å²) in [4.78, 5) is 0. The molecule has 0 bridgehead atoms. The molecule has 0 amide bonds. The van der Waals surface area contributed by atoms with Gasteiger partial charge in [0.1, 0.15) is 0 Å². The molecular weight excluding hydrogens is 368 g/mol. The van der Waals surface area contributed by atoms with Gasteiger partial charge in [-0.15, -0.1) is 0 Å². The highest BCUT2D eigenvalue weighted by atomic mass is 79.9. The van der Waals surface area contributed by atoms with Crippen molar-refractivity contribution in [1.29, 1.82) is 0 Å². The van der Waals surface area contributed by atoms with Crippen LogP contribution in [0.25, 0.3) is 0 Å². The van der Waals surface area contributed by atoms with Crippen molar-refractivity contribution in [2.75, 3.05) is 0 Å². The van der Waals surface area contributed by atoms with Crippen LogP contribution in [0.5, 0.6) is 0 Å². The van der Waals surface area contributed by atoms with Crippen molar-refractivity contribution in [3.05, 3.63) is 32.7 Å². The van der Waals surface area contributed by atoms with Crippen LogP contribution in [0.3, 0.4) is 0 Å². The zero-order chi connectivity index (χ0) is 14.0. The van der Waals surface area contributed by atoms with Crippen molar-refractivity contribution >= 4 is 31.9 Å².